The Morgan fingerprint density at radius 3 is 1.25 bits per heavy atom. The molecule has 15 rings (SSSR count). The molecule has 0 saturated carbocycles. The highest BCUT2D eigenvalue weighted by atomic mass is 15.3. The molecule has 2 heterocycles. The van der Waals surface area contributed by atoms with E-state index in [-0.39, 0.29) is 5.41 Å². The second-order valence-corrected chi connectivity index (χ2v) is 21.0. The van der Waals surface area contributed by atoms with Gasteiger partial charge in [0.15, 0.2) is 0 Å². The first kappa shape index (κ1) is 43.2. The van der Waals surface area contributed by atoms with E-state index in [4.69, 9.17) is 0 Å². The van der Waals surface area contributed by atoms with Crippen LogP contribution >= 0.6 is 0 Å². The Morgan fingerprint density at radius 1 is 0.280 bits per heavy atom. The highest BCUT2D eigenvalue weighted by molar-refractivity contribution is 6.26. The second-order valence-electron chi connectivity index (χ2n) is 21.0. The van der Waals surface area contributed by atoms with Crippen LogP contribution in [0.25, 0.3) is 76.8 Å². The molecule has 0 unspecified atom stereocenters. The van der Waals surface area contributed by atoms with Crippen LogP contribution in [0.5, 0.6) is 0 Å². The molecule has 4 nitrogen and oxygen atoms in total. The molecule has 356 valence electrons. The van der Waals surface area contributed by atoms with E-state index in [1.807, 2.05) is 0 Å². The number of para-hydroxylation sites is 8. The highest BCUT2D eigenvalue weighted by Crippen LogP contribution is 2.57. The first-order chi connectivity index (χ1) is 36.8. The minimum atomic E-state index is -0.142. The molecule has 0 atom stereocenters. The quantitative estimate of drug-likeness (QED) is 0.159. The van der Waals surface area contributed by atoms with Crippen LogP contribution in [-0.4, -0.2) is 14.1 Å². The van der Waals surface area contributed by atoms with Crippen LogP contribution < -0.4 is 19.6 Å². The van der Waals surface area contributed by atoms with Gasteiger partial charge >= 0.3 is 0 Å². The van der Waals surface area contributed by atoms with Crippen LogP contribution in [0.3, 0.4) is 0 Å². The molecule has 3 aliphatic rings. The van der Waals surface area contributed by atoms with Gasteiger partial charge in [-0.2, -0.15) is 0 Å². The maximum Gasteiger partial charge on any atom is 0.0699 e. The van der Waals surface area contributed by atoms with Crippen molar-refractivity contribution < 1.29 is 0 Å². The lowest BCUT2D eigenvalue weighted by Crippen LogP contribution is -2.24. The van der Waals surface area contributed by atoms with Gasteiger partial charge in [-0.1, -0.05) is 178 Å². The summed E-state index contributed by atoms with van der Waals surface area (Å²) in [6.07, 6.45) is 0. The van der Waals surface area contributed by atoms with Crippen molar-refractivity contribution in [3.63, 3.8) is 0 Å². The number of hydrogen-bond acceptors (Lipinski definition) is 4. The zero-order valence-electron chi connectivity index (χ0n) is 42.4. The lowest BCUT2D eigenvalue weighted by molar-refractivity contribution is 0.660. The van der Waals surface area contributed by atoms with E-state index < -0.39 is 0 Å². The normalized spacial score (nSPS) is 13.9. The summed E-state index contributed by atoms with van der Waals surface area (Å²) in [4.78, 5) is 9.57. The van der Waals surface area contributed by atoms with Crippen LogP contribution in [0.2, 0.25) is 0 Å². The average molecular weight is 961 g/mol. The SMILES string of the molecule is CN1c2ccccc2N(c2ccc3c(-c4cccc5ccccc45)c4cc(N5c6ccccc6N(C)c6ccccc65)ccc4c(-c4ccccc4-c4ccc5c(c4)C(C)(C)c4ccccc4-5)c3c2)c2ccccc21. The van der Waals surface area contributed by atoms with E-state index >= 15 is 0 Å². The van der Waals surface area contributed by atoms with Crippen LogP contribution in [0.4, 0.5) is 56.9 Å². The first-order valence-corrected chi connectivity index (χ1v) is 26.1. The van der Waals surface area contributed by atoms with Crippen molar-refractivity contribution >= 4 is 89.2 Å². The number of hydrogen-bond donors (Lipinski definition) is 0. The Hall–Kier alpha value is -9.38. The van der Waals surface area contributed by atoms with E-state index in [1.54, 1.807) is 0 Å². The number of fused-ring (bicyclic) bond motifs is 10. The fourth-order valence-corrected chi connectivity index (χ4v) is 13.2. The van der Waals surface area contributed by atoms with Crippen molar-refractivity contribution in [1.29, 1.82) is 0 Å². The third-order valence-corrected chi connectivity index (χ3v) is 16.7. The van der Waals surface area contributed by atoms with Gasteiger partial charge in [-0.25, -0.2) is 0 Å². The summed E-state index contributed by atoms with van der Waals surface area (Å²) < 4.78 is 0. The van der Waals surface area contributed by atoms with Gasteiger partial charge in [0, 0.05) is 30.9 Å². The lowest BCUT2D eigenvalue weighted by atomic mass is 9.80. The minimum Gasteiger partial charge on any atom is -0.341 e. The van der Waals surface area contributed by atoms with Crippen LogP contribution in [0.1, 0.15) is 25.0 Å². The molecule has 0 aromatic heterocycles. The summed E-state index contributed by atoms with van der Waals surface area (Å²) in [5, 5.41) is 7.23. The zero-order valence-corrected chi connectivity index (χ0v) is 42.4. The van der Waals surface area contributed by atoms with Crippen molar-refractivity contribution in [2.45, 2.75) is 19.3 Å². The molecule has 0 radical (unpaired) electrons. The standard InChI is InChI=1S/C71H52N4/c1-71(2)59-27-10-9-24-51(59)52-39-36-46(42-60(52)71)50-23-7-8-25-53(50)69-55-40-37-48(75-67-34-17-13-30-63(67)73(4)64-31-14-18-35-68(64)75)44-58(55)70(54-26-19-21-45-20-5-6-22-49(45)54)56-41-38-47(43-57(56)69)74-65-32-15-11-28-61(65)72(3)62-29-12-16-33-66(62)74/h5-44H,1-4H3. The van der Waals surface area contributed by atoms with Crippen LogP contribution in [0, 0.1) is 0 Å². The van der Waals surface area contributed by atoms with Gasteiger partial charge in [0.1, 0.15) is 0 Å². The van der Waals surface area contributed by atoms with Crippen molar-refractivity contribution in [2.75, 3.05) is 33.7 Å². The molecule has 0 N–H and O–H groups in total. The van der Waals surface area contributed by atoms with Crippen molar-refractivity contribution in [2.24, 2.45) is 0 Å². The summed E-state index contributed by atoms with van der Waals surface area (Å²) in [6, 6.07) is 90.7. The fourth-order valence-electron chi connectivity index (χ4n) is 13.2. The Bertz CT molecular complexity index is 4250. The second kappa shape index (κ2) is 16.3. The zero-order chi connectivity index (χ0) is 50.1. The number of anilines is 10. The largest absolute Gasteiger partial charge is 0.341 e. The molecule has 0 fully saturated rings. The van der Waals surface area contributed by atoms with Crippen molar-refractivity contribution in [3.8, 4) is 44.5 Å². The maximum atomic E-state index is 2.48. The van der Waals surface area contributed by atoms with Gasteiger partial charge in [-0.3, -0.25) is 0 Å². The molecule has 0 spiro atoms. The summed E-state index contributed by atoms with van der Waals surface area (Å²) in [7, 11) is 4.36. The van der Waals surface area contributed by atoms with Crippen molar-refractivity contribution in [3.05, 3.63) is 254 Å². The highest BCUT2D eigenvalue weighted by Gasteiger charge is 2.36. The predicted octanol–water partition coefficient (Wildman–Crippen LogP) is 19.6. The third kappa shape index (κ3) is 6.30. The van der Waals surface area contributed by atoms with E-state index in [2.05, 4.69) is 290 Å². The molecule has 1 aliphatic carbocycles. The van der Waals surface area contributed by atoms with E-state index in [1.165, 1.54) is 99.3 Å². The molecule has 2 aliphatic heterocycles. The molecule has 0 amide bonds. The van der Waals surface area contributed by atoms with Crippen LogP contribution in [0.15, 0.2) is 243 Å². The molecule has 0 bridgehead atoms. The minimum absolute atomic E-state index is 0.142. The van der Waals surface area contributed by atoms with E-state index in [9.17, 15) is 0 Å². The first-order valence-electron chi connectivity index (χ1n) is 26.1. The number of rotatable bonds is 5. The van der Waals surface area contributed by atoms with Crippen molar-refractivity contribution in [1.82, 2.24) is 0 Å². The van der Waals surface area contributed by atoms with Gasteiger partial charge in [0.05, 0.1) is 45.5 Å². The number of nitrogens with zero attached hydrogens (tertiary/aromatic N) is 4. The summed E-state index contributed by atoms with van der Waals surface area (Å²) in [5.41, 5.74) is 24.0. The summed E-state index contributed by atoms with van der Waals surface area (Å²) in [6.45, 7) is 4.76. The smallest absolute Gasteiger partial charge is 0.0699 e. The Labute approximate surface area is 438 Å². The Morgan fingerprint density at radius 2 is 0.693 bits per heavy atom. The summed E-state index contributed by atoms with van der Waals surface area (Å²) in [5.74, 6) is 0. The Kier molecular flexibility index (Phi) is 9.40. The molecular weight excluding hydrogens is 909 g/mol. The number of benzene rings is 12. The molecule has 12 aromatic carbocycles. The van der Waals surface area contributed by atoms with Gasteiger partial charge < -0.3 is 19.6 Å². The molecule has 75 heavy (non-hydrogen) atoms. The lowest BCUT2D eigenvalue weighted by Gasteiger charge is -2.39. The topological polar surface area (TPSA) is 13.0 Å². The maximum absolute atomic E-state index is 2.48. The van der Waals surface area contributed by atoms with E-state index in [0.717, 1.165) is 45.5 Å². The summed E-state index contributed by atoms with van der Waals surface area (Å²) >= 11 is 0. The molecule has 0 saturated heterocycles. The van der Waals surface area contributed by atoms with Crippen LogP contribution in [-0.2, 0) is 5.41 Å². The molecule has 4 heteroatoms. The van der Waals surface area contributed by atoms with Gasteiger partial charge in [0.2, 0.25) is 0 Å². The van der Waals surface area contributed by atoms with E-state index in [0.29, 0.717) is 0 Å². The predicted molar refractivity (Wildman–Crippen MR) is 318 cm³/mol. The Balaban J connectivity index is 1.07. The third-order valence-electron chi connectivity index (χ3n) is 16.7. The van der Waals surface area contributed by atoms with Gasteiger partial charge in [-0.05, 0) is 167 Å². The molecule has 12 aromatic rings. The monoisotopic (exact) mass is 960 g/mol. The van der Waals surface area contributed by atoms with Gasteiger partial charge in [0.25, 0.3) is 0 Å². The molecular formula is C71H52N4. The average Bonchev–Trinajstić information content (AvgIpc) is 3.74. The van der Waals surface area contributed by atoms with Gasteiger partial charge in [-0.15, -0.1) is 0 Å². The fraction of sp³-hybridized carbons (Fsp3) is 0.0704.